The van der Waals surface area contributed by atoms with Crippen LogP contribution in [0, 0.1) is 32.5 Å². The number of likely N-dealkylation sites (tertiary alicyclic amines) is 1. The number of Topliss-reactive ketones (excluding diaryl/α,β-unsaturated/α-hetero) is 1. The Labute approximate surface area is 154 Å². The maximum Gasteiger partial charge on any atom is 0.178 e. The molecule has 0 aliphatic carbocycles. The molecule has 0 radical (unpaired) electrons. The standard InChI is InChI=1S/C21H27FN2O2/c1-14-4-5-18(11-20(14)22)24-15(2)10-19(16(24)3)21(26)12-23-8-6-17(13-25)7-9-23/h4-5,10-11,17,25H,6-9,12-13H2,1-3H3. The highest BCUT2D eigenvalue weighted by Gasteiger charge is 2.23. The highest BCUT2D eigenvalue weighted by Crippen LogP contribution is 2.24. The topological polar surface area (TPSA) is 45.5 Å². The maximum absolute atomic E-state index is 14.0. The molecule has 1 aliphatic heterocycles. The van der Waals surface area contributed by atoms with Crippen LogP contribution in [0.25, 0.3) is 5.69 Å². The van der Waals surface area contributed by atoms with Crippen molar-refractivity contribution < 1.29 is 14.3 Å². The van der Waals surface area contributed by atoms with Crippen molar-refractivity contribution in [2.45, 2.75) is 33.6 Å². The second-order valence-electron chi connectivity index (χ2n) is 7.38. The highest BCUT2D eigenvalue weighted by molar-refractivity contribution is 5.99. The molecule has 0 spiro atoms. The third-order valence-corrected chi connectivity index (χ3v) is 5.48. The smallest absolute Gasteiger partial charge is 0.178 e. The van der Waals surface area contributed by atoms with Gasteiger partial charge in [0.15, 0.2) is 5.78 Å². The molecule has 140 valence electrons. The van der Waals surface area contributed by atoms with Gasteiger partial charge in [0.1, 0.15) is 5.82 Å². The van der Waals surface area contributed by atoms with Gasteiger partial charge in [-0.25, -0.2) is 4.39 Å². The fourth-order valence-corrected chi connectivity index (χ4v) is 3.78. The van der Waals surface area contributed by atoms with Crippen molar-refractivity contribution in [3.8, 4) is 5.69 Å². The molecule has 1 aliphatic rings. The van der Waals surface area contributed by atoms with Crippen molar-refractivity contribution in [1.82, 2.24) is 9.47 Å². The molecule has 26 heavy (non-hydrogen) atoms. The first-order valence-corrected chi connectivity index (χ1v) is 9.22. The van der Waals surface area contributed by atoms with Crippen molar-refractivity contribution in [2.75, 3.05) is 26.2 Å². The molecule has 5 heteroatoms. The predicted octanol–water partition coefficient (Wildman–Crippen LogP) is 3.43. The summed E-state index contributed by atoms with van der Waals surface area (Å²) in [5.74, 6) is 0.219. The number of carbonyl (C=O) groups is 1. The molecule has 1 aromatic carbocycles. The van der Waals surface area contributed by atoms with Gasteiger partial charge in [-0.15, -0.1) is 0 Å². The molecule has 4 nitrogen and oxygen atoms in total. The Morgan fingerprint density at radius 2 is 1.88 bits per heavy atom. The van der Waals surface area contributed by atoms with Crippen LogP contribution in [0.1, 0.15) is 40.2 Å². The molecule has 1 saturated heterocycles. The molecule has 1 N–H and O–H groups in total. The van der Waals surface area contributed by atoms with E-state index in [1.54, 1.807) is 13.0 Å². The molecule has 0 atom stereocenters. The number of piperidine rings is 1. The zero-order chi connectivity index (χ0) is 18.8. The Kier molecular flexibility index (Phi) is 5.58. The lowest BCUT2D eigenvalue weighted by atomic mass is 9.97. The number of hydrogen-bond acceptors (Lipinski definition) is 3. The van der Waals surface area contributed by atoms with Crippen LogP contribution in [-0.4, -0.2) is 46.6 Å². The molecule has 2 heterocycles. The first-order chi connectivity index (χ1) is 12.4. The zero-order valence-corrected chi connectivity index (χ0v) is 15.8. The number of rotatable bonds is 5. The van der Waals surface area contributed by atoms with Gasteiger partial charge < -0.3 is 9.67 Å². The van der Waals surface area contributed by atoms with Crippen molar-refractivity contribution in [2.24, 2.45) is 5.92 Å². The molecule has 1 aromatic heterocycles. The summed E-state index contributed by atoms with van der Waals surface area (Å²) >= 11 is 0. The van der Waals surface area contributed by atoms with E-state index in [0.29, 0.717) is 23.6 Å². The first kappa shape index (κ1) is 18.8. The minimum atomic E-state index is -0.241. The average Bonchev–Trinajstić information content (AvgIpc) is 2.93. The first-order valence-electron chi connectivity index (χ1n) is 9.22. The number of aliphatic hydroxyl groups is 1. The summed E-state index contributed by atoms with van der Waals surface area (Å²) in [5.41, 5.74) is 3.83. The van der Waals surface area contributed by atoms with Crippen molar-refractivity contribution in [3.63, 3.8) is 0 Å². The van der Waals surface area contributed by atoms with Gasteiger partial charge in [0.25, 0.3) is 0 Å². The molecule has 2 aromatic rings. The minimum Gasteiger partial charge on any atom is -0.396 e. The maximum atomic E-state index is 14.0. The van der Waals surface area contributed by atoms with E-state index in [-0.39, 0.29) is 18.2 Å². The number of aliphatic hydroxyl groups excluding tert-OH is 1. The number of benzene rings is 1. The fraction of sp³-hybridized carbons (Fsp3) is 0.476. The molecule has 0 amide bonds. The van der Waals surface area contributed by atoms with Crippen LogP contribution in [0.3, 0.4) is 0 Å². The van der Waals surface area contributed by atoms with E-state index in [0.717, 1.165) is 43.0 Å². The van der Waals surface area contributed by atoms with Gasteiger partial charge in [-0.05, 0) is 76.4 Å². The molecule has 3 rings (SSSR count). The summed E-state index contributed by atoms with van der Waals surface area (Å²) in [6.07, 6.45) is 1.87. The second-order valence-corrected chi connectivity index (χ2v) is 7.38. The third-order valence-electron chi connectivity index (χ3n) is 5.48. The highest BCUT2D eigenvalue weighted by atomic mass is 19.1. The van der Waals surface area contributed by atoms with Gasteiger partial charge in [-0.2, -0.15) is 0 Å². The average molecular weight is 358 g/mol. The lowest BCUT2D eigenvalue weighted by Crippen LogP contribution is -2.38. The summed E-state index contributed by atoms with van der Waals surface area (Å²) < 4.78 is 15.9. The monoisotopic (exact) mass is 358 g/mol. The number of halogens is 1. The SMILES string of the molecule is Cc1ccc(-n2c(C)cc(C(=O)CN3CCC(CO)CC3)c2C)cc1F. The van der Waals surface area contributed by atoms with Gasteiger partial charge in [0.05, 0.1) is 6.54 Å². The minimum absolute atomic E-state index is 0.0967. The van der Waals surface area contributed by atoms with Crippen molar-refractivity contribution in [1.29, 1.82) is 0 Å². The molecule has 0 bridgehead atoms. The van der Waals surface area contributed by atoms with Crippen LogP contribution in [0.5, 0.6) is 0 Å². The Bertz CT molecular complexity index is 805. The quantitative estimate of drug-likeness (QED) is 0.833. The lowest BCUT2D eigenvalue weighted by molar-refractivity contribution is 0.0863. The van der Waals surface area contributed by atoms with Gasteiger partial charge in [0, 0.05) is 29.2 Å². The molecule has 0 saturated carbocycles. The van der Waals surface area contributed by atoms with Crippen molar-refractivity contribution >= 4 is 5.78 Å². The summed E-state index contributed by atoms with van der Waals surface area (Å²) in [5, 5.41) is 9.24. The van der Waals surface area contributed by atoms with E-state index in [2.05, 4.69) is 4.90 Å². The number of aromatic nitrogens is 1. The van der Waals surface area contributed by atoms with E-state index in [9.17, 15) is 14.3 Å². The van der Waals surface area contributed by atoms with Crippen molar-refractivity contribution in [3.05, 3.63) is 52.6 Å². The zero-order valence-electron chi connectivity index (χ0n) is 15.8. The van der Waals surface area contributed by atoms with Crippen LogP contribution >= 0.6 is 0 Å². The third kappa shape index (κ3) is 3.74. The Morgan fingerprint density at radius 3 is 2.50 bits per heavy atom. The Morgan fingerprint density at radius 1 is 1.19 bits per heavy atom. The van der Waals surface area contributed by atoms with Gasteiger partial charge in [0.2, 0.25) is 0 Å². The summed E-state index contributed by atoms with van der Waals surface area (Å²) in [7, 11) is 0. The van der Waals surface area contributed by atoms with Crippen LogP contribution in [0.4, 0.5) is 4.39 Å². The number of aryl methyl sites for hydroxylation is 2. The van der Waals surface area contributed by atoms with Crippen LogP contribution in [-0.2, 0) is 0 Å². The Balaban J connectivity index is 1.79. The van der Waals surface area contributed by atoms with E-state index < -0.39 is 0 Å². The number of ketones is 1. The second kappa shape index (κ2) is 7.72. The van der Waals surface area contributed by atoms with Crippen LogP contribution in [0.2, 0.25) is 0 Å². The van der Waals surface area contributed by atoms with E-state index in [1.807, 2.05) is 30.5 Å². The molecular weight excluding hydrogens is 331 g/mol. The normalized spacial score (nSPS) is 16.2. The fourth-order valence-electron chi connectivity index (χ4n) is 3.78. The molecular formula is C21H27FN2O2. The predicted molar refractivity (Wildman–Crippen MR) is 101 cm³/mol. The van der Waals surface area contributed by atoms with E-state index >= 15 is 0 Å². The van der Waals surface area contributed by atoms with Crippen LogP contribution in [0.15, 0.2) is 24.3 Å². The lowest BCUT2D eigenvalue weighted by Gasteiger charge is -2.30. The van der Waals surface area contributed by atoms with Gasteiger partial charge in [-0.1, -0.05) is 6.07 Å². The van der Waals surface area contributed by atoms with Gasteiger partial charge in [-0.3, -0.25) is 9.69 Å². The summed E-state index contributed by atoms with van der Waals surface area (Å²) in [4.78, 5) is 15.0. The van der Waals surface area contributed by atoms with Gasteiger partial charge >= 0.3 is 0 Å². The number of hydrogen-bond donors (Lipinski definition) is 1. The molecule has 1 fully saturated rings. The van der Waals surface area contributed by atoms with Crippen LogP contribution < -0.4 is 0 Å². The number of carbonyl (C=O) groups excluding carboxylic acids is 1. The summed E-state index contributed by atoms with van der Waals surface area (Å²) in [6, 6.07) is 7.06. The Hall–Kier alpha value is -1.98. The van der Waals surface area contributed by atoms with E-state index in [1.165, 1.54) is 6.07 Å². The molecule has 0 unspecified atom stereocenters. The van der Waals surface area contributed by atoms with E-state index in [4.69, 9.17) is 0 Å². The summed E-state index contributed by atoms with van der Waals surface area (Å²) in [6.45, 7) is 7.91. The largest absolute Gasteiger partial charge is 0.396 e. The number of nitrogens with zero attached hydrogens (tertiary/aromatic N) is 2.